The fraction of sp³-hybridized carbons (Fsp3) is 0.353. The number of benzene rings is 1. The summed E-state index contributed by atoms with van der Waals surface area (Å²) < 4.78 is 7.70. The molecule has 1 aromatic carbocycles. The van der Waals surface area contributed by atoms with Gasteiger partial charge in [-0.05, 0) is 52.0 Å². The lowest BCUT2D eigenvalue weighted by molar-refractivity contribution is 0.224. The Hall–Kier alpha value is -2.87. The average molecular weight is 342 g/mol. The number of fused-ring (bicyclic) bond motifs is 1. The van der Waals surface area contributed by atoms with E-state index < -0.39 is 6.23 Å². The lowest BCUT2D eigenvalue weighted by Crippen LogP contribution is -2.23. The maximum Gasteiger partial charge on any atom is 0.251 e. The third-order valence-corrected chi connectivity index (χ3v) is 3.54. The molecule has 0 aliphatic rings. The minimum Gasteiger partial charge on any atom is -0.437 e. The molecule has 0 aliphatic carbocycles. The Kier molecular flexibility index (Phi) is 4.22. The maximum atomic E-state index is 9.36. The van der Waals surface area contributed by atoms with Gasteiger partial charge in [0.2, 0.25) is 0 Å². The number of aliphatic hydroxyl groups excluding tert-OH is 1. The van der Waals surface area contributed by atoms with Crippen molar-refractivity contribution in [2.45, 2.75) is 39.5 Å². The van der Waals surface area contributed by atoms with E-state index in [1.807, 2.05) is 32.9 Å². The van der Waals surface area contributed by atoms with Gasteiger partial charge < -0.3 is 20.9 Å². The largest absolute Gasteiger partial charge is 0.437 e. The third kappa shape index (κ3) is 3.48. The standard InChI is InChI=1S/C17H22N6O2/c1-10(24)21-11-5-7-12(8-6-11)25-16-13-14(18)19-9-20-15(13)23(22-16)17(2,3)4/h5-10,21,24H,1-4H3,(H2,18,19,20). The third-order valence-electron chi connectivity index (χ3n) is 3.54. The van der Waals surface area contributed by atoms with Crippen molar-refractivity contribution in [1.82, 2.24) is 19.7 Å². The Morgan fingerprint density at radius 2 is 1.88 bits per heavy atom. The van der Waals surface area contributed by atoms with Crippen LogP contribution in [0.5, 0.6) is 11.6 Å². The van der Waals surface area contributed by atoms with Gasteiger partial charge in [0.15, 0.2) is 5.65 Å². The van der Waals surface area contributed by atoms with Crippen LogP contribution >= 0.6 is 0 Å². The second kappa shape index (κ2) is 6.21. The molecule has 0 radical (unpaired) electrons. The molecular weight excluding hydrogens is 320 g/mol. The highest BCUT2D eigenvalue weighted by Gasteiger charge is 2.24. The molecule has 3 rings (SSSR count). The molecule has 8 heteroatoms. The molecule has 8 nitrogen and oxygen atoms in total. The first-order valence-corrected chi connectivity index (χ1v) is 7.98. The topological polar surface area (TPSA) is 111 Å². The van der Waals surface area contributed by atoms with Gasteiger partial charge >= 0.3 is 0 Å². The summed E-state index contributed by atoms with van der Waals surface area (Å²) in [7, 11) is 0. The van der Waals surface area contributed by atoms with Gasteiger partial charge in [0.05, 0.1) is 5.54 Å². The van der Waals surface area contributed by atoms with E-state index >= 15 is 0 Å². The van der Waals surface area contributed by atoms with E-state index in [1.54, 1.807) is 23.7 Å². The number of hydrogen-bond acceptors (Lipinski definition) is 7. The average Bonchev–Trinajstić information content (AvgIpc) is 2.89. The first kappa shape index (κ1) is 17.0. The predicted molar refractivity (Wildman–Crippen MR) is 96.6 cm³/mol. The lowest BCUT2D eigenvalue weighted by Gasteiger charge is -2.19. The Morgan fingerprint density at radius 1 is 1.20 bits per heavy atom. The molecule has 25 heavy (non-hydrogen) atoms. The van der Waals surface area contributed by atoms with Crippen LogP contribution in [0.15, 0.2) is 30.6 Å². The smallest absolute Gasteiger partial charge is 0.251 e. The van der Waals surface area contributed by atoms with Crippen molar-refractivity contribution in [2.75, 3.05) is 11.1 Å². The van der Waals surface area contributed by atoms with Crippen molar-refractivity contribution in [3.05, 3.63) is 30.6 Å². The number of nitrogens with two attached hydrogens (primary N) is 1. The Morgan fingerprint density at radius 3 is 2.48 bits per heavy atom. The van der Waals surface area contributed by atoms with Gasteiger partial charge in [0, 0.05) is 5.69 Å². The molecule has 0 bridgehead atoms. The summed E-state index contributed by atoms with van der Waals surface area (Å²) in [6.07, 6.45) is 0.789. The van der Waals surface area contributed by atoms with Gasteiger partial charge in [-0.15, -0.1) is 5.10 Å². The van der Waals surface area contributed by atoms with Crippen LogP contribution in [0.1, 0.15) is 27.7 Å². The number of ether oxygens (including phenoxy) is 1. The van der Waals surface area contributed by atoms with Crippen LogP contribution in [-0.4, -0.2) is 31.1 Å². The summed E-state index contributed by atoms with van der Waals surface area (Å²) in [6, 6.07) is 7.19. The fourth-order valence-electron chi connectivity index (χ4n) is 2.45. The van der Waals surface area contributed by atoms with Gasteiger partial charge in [-0.25, -0.2) is 14.6 Å². The van der Waals surface area contributed by atoms with Crippen LogP contribution in [0.2, 0.25) is 0 Å². The van der Waals surface area contributed by atoms with E-state index in [-0.39, 0.29) is 5.54 Å². The molecular formula is C17H22N6O2. The van der Waals surface area contributed by atoms with E-state index in [1.165, 1.54) is 6.33 Å². The molecule has 4 N–H and O–H groups in total. The van der Waals surface area contributed by atoms with E-state index in [2.05, 4.69) is 20.4 Å². The highest BCUT2D eigenvalue weighted by molar-refractivity contribution is 5.91. The van der Waals surface area contributed by atoms with Gasteiger partial charge in [-0.1, -0.05) is 0 Å². The zero-order valence-electron chi connectivity index (χ0n) is 14.7. The number of nitrogen functional groups attached to an aromatic ring is 1. The highest BCUT2D eigenvalue weighted by atomic mass is 16.5. The number of anilines is 2. The van der Waals surface area contributed by atoms with E-state index in [0.29, 0.717) is 28.5 Å². The van der Waals surface area contributed by atoms with E-state index in [0.717, 1.165) is 5.69 Å². The van der Waals surface area contributed by atoms with E-state index in [9.17, 15) is 5.11 Å². The highest BCUT2D eigenvalue weighted by Crippen LogP contribution is 2.34. The molecule has 0 saturated carbocycles. The first-order chi connectivity index (χ1) is 11.8. The SMILES string of the molecule is CC(O)Nc1ccc(Oc2nn(C(C)(C)C)c3ncnc(N)c23)cc1. The lowest BCUT2D eigenvalue weighted by atomic mass is 10.1. The molecule has 0 fully saturated rings. The van der Waals surface area contributed by atoms with Crippen LogP contribution in [0, 0.1) is 0 Å². The first-order valence-electron chi connectivity index (χ1n) is 7.98. The molecule has 1 unspecified atom stereocenters. The number of nitrogens with one attached hydrogen (secondary N) is 1. The molecule has 0 saturated heterocycles. The Bertz CT molecular complexity index is 881. The fourth-order valence-corrected chi connectivity index (χ4v) is 2.45. The quantitative estimate of drug-likeness (QED) is 0.625. The van der Waals surface area contributed by atoms with Crippen LogP contribution in [0.3, 0.4) is 0 Å². The molecule has 3 aromatic rings. The molecule has 0 aliphatic heterocycles. The van der Waals surface area contributed by atoms with Crippen molar-refractivity contribution >= 4 is 22.5 Å². The zero-order valence-corrected chi connectivity index (χ0v) is 14.7. The summed E-state index contributed by atoms with van der Waals surface area (Å²) >= 11 is 0. The second-order valence-corrected chi connectivity index (χ2v) is 6.79. The predicted octanol–water partition coefficient (Wildman–Crippen LogP) is 2.71. The Labute approximate surface area is 145 Å². The van der Waals surface area contributed by atoms with Gasteiger partial charge in [-0.3, -0.25) is 0 Å². The van der Waals surface area contributed by atoms with Crippen molar-refractivity contribution in [1.29, 1.82) is 0 Å². The van der Waals surface area contributed by atoms with Gasteiger partial charge in [-0.2, -0.15) is 0 Å². The monoisotopic (exact) mass is 342 g/mol. The van der Waals surface area contributed by atoms with Crippen molar-refractivity contribution < 1.29 is 9.84 Å². The molecule has 2 heterocycles. The van der Waals surface area contributed by atoms with Crippen molar-refractivity contribution in [3.8, 4) is 11.6 Å². The van der Waals surface area contributed by atoms with Crippen molar-refractivity contribution in [3.63, 3.8) is 0 Å². The summed E-state index contributed by atoms with van der Waals surface area (Å²) in [6.45, 7) is 7.73. The summed E-state index contributed by atoms with van der Waals surface area (Å²) in [5.41, 5.74) is 7.15. The number of nitrogens with zero attached hydrogens (tertiary/aromatic N) is 4. The number of hydrogen-bond donors (Lipinski definition) is 3. The van der Waals surface area contributed by atoms with Gasteiger partial charge in [0.25, 0.3) is 5.88 Å². The molecule has 2 aromatic heterocycles. The second-order valence-electron chi connectivity index (χ2n) is 6.79. The number of aliphatic hydroxyl groups is 1. The van der Waals surface area contributed by atoms with Crippen LogP contribution in [0.25, 0.3) is 11.0 Å². The summed E-state index contributed by atoms with van der Waals surface area (Å²) in [5.74, 6) is 1.28. The zero-order chi connectivity index (χ0) is 18.2. The minimum atomic E-state index is -0.629. The van der Waals surface area contributed by atoms with E-state index in [4.69, 9.17) is 10.5 Å². The summed E-state index contributed by atoms with van der Waals surface area (Å²) in [5, 5.41) is 17.4. The molecule has 1 atom stereocenters. The van der Waals surface area contributed by atoms with Crippen LogP contribution in [-0.2, 0) is 5.54 Å². The number of rotatable bonds is 4. The molecule has 132 valence electrons. The number of aromatic nitrogens is 4. The summed E-state index contributed by atoms with van der Waals surface area (Å²) in [4.78, 5) is 8.36. The van der Waals surface area contributed by atoms with Gasteiger partial charge in [0.1, 0.15) is 29.5 Å². The molecule has 0 spiro atoms. The van der Waals surface area contributed by atoms with Crippen LogP contribution < -0.4 is 15.8 Å². The normalized spacial score (nSPS) is 13.0. The minimum absolute atomic E-state index is 0.286. The molecule has 0 amide bonds. The van der Waals surface area contributed by atoms with Crippen molar-refractivity contribution in [2.24, 2.45) is 0 Å². The van der Waals surface area contributed by atoms with Crippen LogP contribution in [0.4, 0.5) is 11.5 Å². The maximum absolute atomic E-state index is 9.36. The Balaban J connectivity index is 1.99.